The molecule has 0 aromatic heterocycles. The summed E-state index contributed by atoms with van der Waals surface area (Å²) >= 11 is 0. The molecule has 1 aromatic rings. The fraction of sp³-hybridized carbons (Fsp3) is 0.524. The smallest absolute Gasteiger partial charge is 0.308 e. The number of esters is 1. The summed E-state index contributed by atoms with van der Waals surface area (Å²) in [6, 6.07) is 4.27. The van der Waals surface area contributed by atoms with E-state index in [1.54, 1.807) is 13.0 Å². The molecule has 8 heteroatoms. The molecule has 0 unspecified atom stereocenters. The molecule has 29 heavy (non-hydrogen) atoms. The summed E-state index contributed by atoms with van der Waals surface area (Å²) in [5.41, 5.74) is 0.713. The van der Waals surface area contributed by atoms with Crippen molar-refractivity contribution >= 4 is 29.4 Å². The standard InChI is InChI=1S/C21H25FN2O5/c1-12-7-8-14(11-17(12)22)23-19(26)13(2)29-18(25)9-10-24-20(27)15-5-3-4-6-16(15)21(24)28/h7-8,11,13,15-16H,3-6,9-10H2,1-2H3,(H,23,26)/t13-,15-,16-/m0/s1. The minimum absolute atomic E-state index is 0.0407. The van der Waals surface area contributed by atoms with Gasteiger partial charge in [-0.25, -0.2) is 4.39 Å². The number of benzene rings is 1. The van der Waals surface area contributed by atoms with E-state index in [2.05, 4.69) is 5.32 Å². The molecular formula is C21H25FN2O5. The molecule has 1 N–H and O–H groups in total. The van der Waals surface area contributed by atoms with Crippen LogP contribution in [0.2, 0.25) is 0 Å². The molecule has 1 saturated carbocycles. The van der Waals surface area contributed by atoms with Gasteiger partial charge in [0, 0.05) is 12.2 Å². The van der Waals surface area contributed by atoms with Crippen molar-refractivity contribution in [3.05, 3.63) is 29.6 Å². The molecule has 0 spiro atoms. The maximum absolute atomic E-state index is 13.6. The van der Waals surface area contributed by atoms with Crippen LogP contribution in [0, 0.1) is 24.6 Å². The van der Waals surface area contributed by atoms with Crippen molar-refractivity contribution in [2.45, 2.75) is 52.1 Å². The molecule has 0 bridgehead atoms. The monoisotopic (exact) mass is 404 g/mol. The van der Waals surface area contributed by atoms with E-state index in [1.165, 1.54) is 19.1 Å². The number of nitrogens with zero attached hydrogens (tertiary/aromatic N) is 1. The lowest BCUT2D eigenvalue weighted by molar-refractivity contribution is -0.154. The second-order valence-corrected chi connectivity index (χ2v) is 7.66. The van der Waals surface area contributed by atoms with Crippen LogP contribution in [0.4, 0.5) is 10.1 Å². The quantitative estimate of drug-likeness (QED) is 0.581. The van der Waals surface area contributed by atoms with Crippen LogP contribution in [-0.2, 0) is 23.9 Å². The molecule has 1 saturated heterocycles. The van der Waals surface area contributed by atoms with Crippen molar-refractivity contribution < 1.29 is 28.3 Å². The Morgan fingerprint density at radius 2 is 1.83 bits per heavy atom. The van der Waals surface area contributed by atoms with Gasteiger partial charge in [0.05, 0.1) is 18.3 Å². The second-order valence-electron chi connectivity index (χ2n) is 7.66. The summed E-state index contributed by atoms with van der Waals surface area (Å²) in [4.78, 5) is 50.2. The predicted octanol–water partition coefficient (Wildman–Crippen LogP) is 2.57. The van der Waals surface area contributed by atoms with Gasteiger partial charge in [-0.1, -0.05) is 18.9 Å². The zero-order valence-corrected chi connectivity index (χ0v) is 16.6. The van der Waals surface area contributed by atoms with Crippen LogP contribution in [-0.4, -0.2) is 41.2 Å². The molecule has 3 atom stereocenters. The number of nitrogens with one attached hydrogen (secondary N) is 1. The Bertz CT molecular complexity index is 816. The molecule has 7 nitrogen and oxygen atoms in total. The Kier molecular flexibility index (Phi) is 6.30. The van der Waals surface area contributed by atoms with Crippen molar-refractivity contribution in [3.63, 3.8) is 0 Å². The van der Waals surface area contributed by atoms with Gasteiger partial charge in [0.15, 0.2) is 6.10 Å². The summed E-state index contributed by atoms with van der Waals surface area (Å²) in [5.74, 6) is -2.66. The molecule has 1 aliphatic carbocycles. The van der Waals surface area contributed by atoms with Gasteiger partial charge in [-0.2, -0.15) is 0 Å². The molecular weight excluding hydrogens is 379 g/mol. The number of halogens is 1. The average molecular weight is 404 g/mol. The molecule has 0 radical (unpaired) electrons. The normalized spacial score (nSPS) is 22.2. The average Bonchev–Trinajstić information content (AvgIpc) is 2.93. The first-order valence-electron chi connectivity index (χ1n) is 9.89. The predicted molar refractivity (Wildman–Crippen MR) is 102 cm³/mol. The zero-order chi connectivity index (χ0) is 21.1. The van der Waals surface area contributed by atoms with Crippen LogP contribution in [0.1, 0.15) is 44.6 Å². The van der Waals surface area contributed by atoms with Crippen LogP contribution < -0.4 is 5.32 Å². The van der Waals surface area contributed by atoms with E-state index in [1.807, 2.05) is 0 Å². The highest BCUT2D eigenvalue weighted by molar-refractivity contribution is 6.05. The van der Waals surface area contributed by atoms with E-state index in [0.717, 1.165) is 17.7 Å². The second kappa shape index (κ2) is 8.71. The van der Waals surface area contributed by atoms with Gasteiger partial charge in [0.1, 0.15) is 5.82 Å². The lowest BCUT2D eigenvalue weighted by Gasteiger charge is -2.19. The highest BCUT2D eigenvalue weighted by Gasteiger charge is 2.47. The van der Waals surface area contributed by atoms with E-state index in [0.29, 0.717) is 18.4 Å². The lowest BCUT2D eigenvalue weighted by Crippen LogP contribution is -2.35. The molecule has 2 aliphatic rings. The lowest BCUT2D eigenvalue weighted by atomic mass is 9.81. The molecule has 1 heterocycles. The fourth-order valence-electron chi connectivity index (χ4n) is 3.88. The molecule has 3 rings (SSSR count). The number of aryl methyl sites for hydroxylation is 1. The van der Waals surface area contributed by atoms with E-state index >= 15 is 0 Å². The van der Waals surface area contributed by atoms with E-state index in [9.17, 15) is 23.6 Å². The summed E-state index contributed by atoms with van der Waals surface area (Å²) in [6.45, 7) is 2.97. The summed E-state index contributed by atoms with van der Waals surface area (Å²) in [5, 5.41) is 2.49. The zero-order valence-electron chi connectivity index (χ0n) is 16.6. The highest BCUT2D eigenvalue weighted by Crippen LogP contribution is 2.37. The van der Waals surface area contributed by atoms with Crippen molar-refractivity contribution in [2.75, 3.05) is 11.9 Å². The Hall–Kier alpha value is -2.77. The summed E-state index contributed by atoms with van der Waals surface area (Å²) in [7, 11) is 0. The third kappa shape index (κ3) is 4.63. The van der Waals surface area contributed by atoms with Gasteiger partial charge < -0.3 is 10.1 Å². The van der Waals surface area contributed by atoms with E-state index < -0.39 is 23.8 Å². The molecule has 1 aliphatic heterocycles. The molecule has 3 amide bonds. The number of carbonyl (C=O) groups is 4. The highest BCUT2D eigenvalue weighted by atomic mass is 19.1. The van der Waals surface area contributed by atoms with Gasteiger partial charge in [0.2, 0.25) is 11.8 Å². The Morgan fingerprint density at radius 1 is 1.21 bits per heavy atom. The number of hydrogen-bond donors (Lipinski definition) is 1. The van der Waals surface area contributed by atoms with Gasteiger partial charge >= 0.3 is 5.97 Å². The first-order valence-corrected chi connectivity index (χ1v) is 9.89. The number of rotatable bonds is 6. The topological polar surface area (TPSA) is 92.8 Å². The molecule has 156 valence electrons. The largest absolute Gasteiger partial charge is 0.452 e. The Morgan fingerprint density at radius 3 is 2.41 bits per heavy atom. The van der Waals surface area contributed by atoms with E-state index in [-0.39, 0.29) is 42.3 Å². The number of amides is 3. The number of carbonyl (C=O) groups excluding carboxylic acids is 4. The van der Waals surface area contributed by atoms with Crippen LogP contribution >= 0.6 is 0 Å². The van der Waals surface area contributed by atoms with Crippen LogP contribution in [0.25, 0.3) is 0 Å². The fourth-order valence-corrected chi connectivity index (χ4v) is 3.88. The number of likely N-dealkylation sites (tertiary alicyclic amines) is 1. The van der Waals surface area contributed by atoms with Crippen molar-refractivity contribution in [1.82, 2.24) is 4.90 Å². The molecule has 1 aromatic carbocycles. The maximum atomic E-state index is 13.6. The summed E-state index contributed by atoms with van der Waals surface area (Å²) < 4.78 is 18.7. The molecule has 2 fully saturated rings. The van der Waals surface area contributed by atoms with Crippen LogP contribution in [0.5, 0.6) is 0 Å². The van der Waals surface area contributed by atoms with Crippen LogP contribution in [0.15, 0.2) is 18.2 Å². The van der Waals surface area contributed by atoms with Crippen molar-refractivity contribution in [3.8, 4) is 0 Å². The van der Waals surface area contributed by atoms with Crippen LogP contribution in [0.3, 0.4) is 0 Å². The number of anilines is 1. The SMILES string of the molecule is Cc1ccc(NC(=O)[C@H](C)OC(=O)CCN2C(=O)[C@H]3CCCC[C@@H]3C2=O)cc1F. The number of fused-ring (bicyclic) bond motifs is 1. The van der Waals surface area contributed by atoms with Crippen molar-refractivity contribution in [1.29, 1.82) is 0 Å². The van der Waals surface area contributed by atoms with Crippen molar-refractivity contribution in [2.24, 2.45) is 11.8 Å². The maximum Gasteiger partial charge on any atom is 0.308 e. The van der Waals surface area contributed by atoms with Gasteiger partial charge in [-0.15, -0.1) is 0 Å². The third-order valence-electron chi connectivity index (χ3n) is 5.59. The minimum Gasteiger partial charge on any atom is -0.452 e. The number of ether oxygens (including phenoxy) is 1. The number of hydrogen-bond acceptors (Lipinski definition) is 5. The first-order chi connectivity index (χ1) is 13.8. The van der Waals surface area contributed by atoms with Gasteiger partial charge in [-0.05, 0) is 44.4 Å². The van der Waals surface area contributed by atoms with Gasteiger partial charge in [0.25, 0.3) is 5.91 Å². The van der Waals surface area contributed by atoms with Gasteiger partial charge in [-0.3, -0.25) is 24.1 Å². The first kappa shape index (κ1) is 21.0. The third-order valence-corrected chi connectivity index (χ3v) is 5.59. The Labute approximate surface area is 168 Å². The minimum atomic E-state index is -1.10. The summed E-state index contributed by atoms with van der Waals surface area (Å²) in [6.07, 6.45) is 2.04. The Balaban J connectivity index is 1.48. The number of imide groups is 1. The van der Waals surface area contributed by atoms with E-state index in [4.69, 9.17) is 4.74 Å².